The molecule has 6 nitrogen and oxygen atoms in total. The number of rotatable bonds is 3. The number of hydrogen-bond acceptors (Lipinski definition) is 5. The van der Waals surface area contributed by atoms with Gasteiger partial charge in [0, 0.05) is 0 Å². The number of aromatic nitrogens is 2. The van der Waals surface area contributed by atoms with Crippen LogP contribution >= 0.6 is 0 Å². The molecule has 0 spiro atoms. The number of aromatic hydroxyl groups is 1. The lowest BCUT2D eigenvalue weighted by Gasteiger charge is -2.13. The maximum absolute atomic E-state index is 12.7. The van der Waals surface area contributed by atoms with E-state index in [1.807, 2.05) is 5.10 Å². The predicted molar refractivity (Wildman–Crippen MR) is 73.6 cm³/mol. The van der Waals surface area contributed by atoms with Gasteiger partial charge in [-0.3, -0.25) is 5.10 Å². The average Bonchev–Trinajstić information content (AvgIpc) is 3.14. The Labute approximate surface area is 127 Å². The van der Waals surface area contributed by atoms with Crippen molar-refractivity contribution in [3.8, 4) is 28.5 Å². The monoisotopic (exact) mass is 328 g/mol. The Morgan fingerprint density at radius 3 is 2.48 bits per heavy atom. The zero-order valence-corrected chi connectivity index (χ0v) is 12.0. The molecule has 0 amide bonds. The first-order valence-electron chi connectivity index (χ1n) is 6.35. The van der Waals surface area contributed by atoms with Crippen LogP contribution in [0.4, 0.5) is 13.2 Å². The summed E-state index contributed by atoms with van der Waals surface area (Å²) in [4.78, 5) is 0. The van der Waals surface area contributed by atoms with Crippen LogP contribution in [0, 0.1) is 0 Å². The van der Waals surface area contributed by atoms with Gasteiger partial charge < -0.3 is 19.0 Å². The van der Waals surface area contributed by atoms with Gasteiger partial charge in [-0.2, -0.15) is 18.3 Å². The molecule has 2 heterocycles. The van der Waals surface area contributed by atoms with Crippen LogP contribution in [0.25, 0.3) is 22.2 Å². The zero-order valence-electron chi connectivity index (χ0n) is 12.0. The molecule has 0 aliphatic heterocycles. The van der Waals surface area contributed by atoms with Crippen molar-refractivity contribution in [3.05, 3.63) is 24.1 Å². The van der Waals surface area contributed by atoms with Gasteiger partial charge >= 0.3 is 6.18 Å². The summed E-state index contributed by atoms with van der Waals surface area (Å²) in [5.41, 5.74) is -0.976. The molecule has 23 heavy (non-hydrogen) atoms. The summed E-state index contributed by atoms with van der Waals surface area (Å²) < 4.78 is 53.8. The van der Waals surface area contributed by atoms with Gasteiger partial charge in [0.2, 0.25) is 5.75 Å². The molecule has 3 rings (SSSR count). The Morgan fingerprint density at radius 2 is 1.91 bits per heavy atom. The first-order valence-corrected chi connectivity index (χ1v) is 6.35. The molecule has 0 radical (unpaired) electrons. The second-order valence-electron chi connectivity index (χ2n) is 4.62. The molecule has 0 unspecified atom stereocenters. The minimum atomic E-state index is -4.59. The topological polar surface area (TPSA) is 80.5 Å². The van der Waals surface area contributed by atoms with E-state index in [4.69, 9.17) is 13.9 Å². The number of ether oxygens (including phenoxy) is 2. The second kappa shape index (κ2) is 5.11. The summed E-state index contributed by atoms with van der Waals surface area (Å²) in [5.74, 6) is -0.309. The van der Waals surface area contributed by atoms with E-state index in [2.05, 4.69) is 5.10 Å². The molecule has 2 N–H and O–H groups in total. The maximum Gasteiger partial charge on any atom is 0.432 e. The second-order valence-corrected chi connectivity index (χ2v) is 4.62. The van der Waals surface area contributed by atoms with Crippen LogP contribution in [0.1, 0.15) is 5.69 Å². The van der Waals surface area contributed by atoms with Crippen molar-refractivity contribution >= 4 is 11.0 Å². The number of fused-ring (bicyclic) bond motifs is 1. The predicted octanol–water partition coefficient (Wildman–Crippen LogP) is 3.56. The van der Waals surface area contributed by atoms with E-state index in [1.54, 1.807) is 6.07 Å². The molecule has 3 aromatic rings. The van der Waals surface area contributed by atoms with Crippen LogP contribution in [0.3, 0.4) is 0 Å². The molecule has 1 aromatic carbocycles. The van der Waals surface area contributed by atoms with Crippen LogP contribution in [-0.2, 0) is 6.18 Å². The van der Waals surface area contributed by atoms with E-state index in [0.29, 0.717) is 5.39 Å². The third-order valence-corrected chi connectivity index (χ3v) is 3.34. The van der Waals surface area contributed by atoms with E-state index in [-0.39, 0.29) is 28.3 Å². The van der Waals surface area contributed by atoms with Gasteiger partial charge in [-0.1, -0.05) is 0 Å². The van der Waals surface area contributed by atoms with E-state index >= 15 is 0 Å². The Morgan fingerprint density at radius 1 is 1.22 bits per heavy atom. The quantitative estimate of drug-likeness (QED) is 0.768. The maximum atomic E-state index is 12.7. The Hall–Kier alpha value is -2.84. The molecule has 2 aromatic heterocycles. The minimum absolute atomic E-state index is 0.0163. The SMILES string of the molecule is COc1c(-c2cc(C(F)(F)F)[nH]n2)c(O)c(OC)c2occc12. The molecular weight excluding hydrogens is 317 g/mol. The van der Waals surface area contributed by atoms with Crippen LogP contribution in [0.15, 0.2) is 22.8 Å². The van der Waals surface area contributed by atoms with Gasteiger partial charge in [-0.25, -0.2) is 0 Å². The van der Waals surface area contributed by atoms with E-state index < -0.39 is 17.6 Å². The summed E-state index contributed by atoms with van der Waals surface area (Å²) in [6, 6.07) is 2.33. The fourth-order valence-electron chi connectivity index (χ4n) is 2.36. The Balaban J connectivity index is 2.32. The number of methoxy groups -OCH3 is 2. The summed E-state index contributed by atoms with van der Waals surface area (Å²) in [5, 5.41) is 16.3. The highest BCUT2D eigenvalue weighted by atomic mass is 19.4. The van der Waals surface area contributed by atoms with Crippen molar-refractivity contribution in [2.75, 3.05) is 14.2 Å². The normalized spacial score (nSPS) is 11.9. The minimum Gasteiger partial charge on any atom is -0.504 e. The number of phenols is 1. The number of H-pyrrole nitrogens is 1. The average molecular weight is 328 g/mol. The highest BCUT2D eigenvalue weighted by molar-refractivity contribution is 5.99. The van der Waals surface area contributed by atoms with Gasteiger partial charge in [0.1, 0.15) is 17.1 Å². The lowest BCUT2D eigenvalue weighted by molar-refractivity contribution is -0.141. The van der Waals surface area contributed by atoms with Crippen LogP contribution < -0.4 is 9.47 Å². The number of benzene rings is 1. The number of phenolic OH excluding ortho intramolecular Hbond substituents is 1. The van der Waals surface area contributed by atoms with E-state index in [9.17, 15) is 18.3 Å². The highest BCUT2D eigenvalue weighted by Gasteiger charge is 2.34. The molecule has 0 fully saturated rings. The largest absolute Gasteiger partial charge is 0.504 e. The first kappa shape index (κ1) is 15.1. The fraction of sp³-hybridized carbons (Fsp3) is 0.214. The highest BCUT2D eigenvalue weighted by Crippen LogP contribution is 2.50. The molecule has 9 heteroatoms. The van der Waals surface area contributed by atoms with E-state index in [1.165, 1.54) is 20.5 Å². The van der Waals surface area contributed by atoms with E-state index in [0.717, 1.165) is 6.07 Å². The molecule has 0 saturated heterocycles. The van der Waals surface area contributed by atoms with Crippen molar-refractivity contribution in [1.82, 2.24) is 10.2 Å². The zero-order chi connectivity index (χ0) is 16.8. The Kier molecular flexibility index (Phi) is 3.35. The summed E-state index contributed by atoms with van der Waals surface area (Å²) in [6.45, 7) is 0. The molecule has 122 valence electrons. The number of aromatic amines is 1. The van der Waals surface area contributed by atoms with Gasteiger partial charge in [0.05, 0.1) is 31.4 Å². The molecule has 0 aliphatic rings. The van der Waals surface area contributed by atoms with Gasteiger partial charge in [0.15, 0.2) is 11.3 Å². The lowest BCUT2D eigenvalue weighted by atomic mass is 10.0. The standard InChI is InChI=1S/C14H11F3N2O4/c1-21-11-6-3-4-23-12(6)13(22-2)10(20)9(11)7-5-8(19-18-7)14(15,16)17/h3-5,20H,1-2H3,(H,18,19). The van der Waals surface area contributed by atoms with Crippen LogP contribution in [0.5, 0.6) is 17.2 Å². The molecule has 0 aliphatic carbocycles. The summed E-state index contributed by atoms with van der Waals surface area (Å²) in [6.07, 6.45) is -3.23. The van der Waals surface area contributed by atoms with Gasteiger partial charge in [-0.15, -0.1) is 0 Å². The summed E-state index contributed by atoms with van der Waals surface area (Å²) in [7, 11) is 2.63. The first-order chi connectivity index (χ1) is 10.9. The molecule has 0 bridgehead atoms. The number of alkyl halides is 3. The number of halogens is 3. The third kappa shape index (κ3) is 2.24. The molecule has 0 atom stereocenters. The molecule has 0 saturated carbocycles. The number of hydrogen-bond donors (Lipinski definition) is 2. The molecular formula is C14H11F3N2O4. The van der Waals surface area contributed by atoms with Crippen molar-refractivity contribution < 1.29 is 32.2 Å². The third-order valence-electron chi connectivity index (χ3n) is 3.34. The fourth-order valence-corrected chi connectivity index (χ4v) is 2.36. The van der Waals surface area contributed by atoms with Crippen molar-refractivity contribution in [3.63, 3.8) is 0 Å². The van der Waals surface area contributed by atoms with Gasteiger partial charge in [0.25, 0.3) is 0 Å². The smallest absolute Gasteiger partial charge is 0.432 e. The van der Waals surface area contributed by atoms with Crippen molar-refractivity contribution in [2.24, 2.45) is 0 Å². The van der Waals surface area contributed by atoms with Gasteiger partial charge in [-0.05, 0) is 12.1 Å². The van der Waals surface area contributed by atoms with Crippen molar-refractivity contribution in [2.45, 2.75) is 6.18 Å². The number of nitrogens with zero attached hydrogens (tertiary/aromatic N) is 1. The lowest BCUT2D eigenvalue weighted by Crippen LogP contribution is -2.04. The number of nitrogens with one attached hydrogen (secondary N) is 1. The number of furan rings is 1. The summed E-state index contributed by atoms with van der Waals surface area (Å²) >= 11 is 0. The van der Waals surface area contributed by atoms with Crippen molar-refractivity contribution in [1.29, 1.82) is 0 Å². The van der Waals surface area contributed by atoms with Crippen LogP contribution in [0.2, 0.25) is 0 Å². The Bertz CT molecular complexity index is 867. The van der Waals surface area contributed by atoms with Crippen LogP contribution in [-0.4, -0.2) is 29.5 Å².